The number of quaternary nitrogens is 1. The molecule has 0 saturated carbocycles. The predicted molar refractivity (Wildman–Crippen MR) is 48.4 cm³/mol. The Kier molecular flexibility index (Phi) is 2.75. The minimum atomic E-state index is 0.855. The first kappa shape index (κ1) is 8.54. The maximum atomic E-state index is 3.57. The second kappa shape index (κ2) is 3.22. The molecule has 2 heteroatoms. The standard InChI is InChI=1S/C8H17BrN/c1-10(2)6-4-3-5-8(10)7-9/h8H,3-7H2,1-2H3/q+1. The van der Waals surface area contributed by atoms with Crippen LogP contribution in [0.4, 0.5) is 0 Å². The molecule has 1 nitrogen and oxygen atoms in total. The molecule has 1 fully saturated rings. The first-order valence-electron chi connectivity index (χ1n) is 4.05. The van der Waals surface area contributed by atoms with E-state index in [2.05, 4.69) is 30.0 Å². The summed E-state index contributed by atoms with van der Waals surface area (Å²) in [6, 6.07) is 0.855. The van der Waals surface area contributed by atoms with Crippen LogP contribution in [0.2, 0.25) is 0 Å². The number of piperidine rings is 1. The van der Waals surface area contributed by atoms with Gasteiger partial charge in [0.1, 0.15) is 0 Å². The zero-order valence-corrected chi connectivity index (χ0v) is 8.52. The summed E-state index contributed by atoms with van der Waals surface area (Å²) in [7, 11) is 4.68. The van der Waals surface area contributed by atoms with Gasteiger partial charge in [0.2, 0.25) is 0 Å². The van der Waals surface area contributed by atoms with Gasteiger partial charge in [-0.1, -0.05) is 15.9 Å². The van der Waals surface area contributed by atoms with Gasteiger partial charge in [-0.3, -0.25) is 0 Å². The van der Waals surface area contributed by atoms with E-state index in [1.165, 1.54) is 35.6 Å². The van der Waals surface area contributed by atoms with Crippen molar-refractivity contribution in [3.8, 4) is 0 Å². The van der Waals surface area contributed by atoms with Crippen molar-refractivity contribution in [1.82, 2.24) is 0 Å². The molecule has 0 radical (unpaired) electrons. The number of halogens is 1. The van der Waals surface area contributed by atoms with Gasteiger partial charge in [-0.25, -0.2) is 0 Å². The molecule has 0 bridgehead atoms. The zero-order chi connectivity index (χ0) is 7.61. The minimum Gasteiger partial charge on any atom is -0.325 e. The van der Waals surface area contributed by atoms with E-state index in [9.17, 15) is 0 Å². The lowest BCUT2D eigenvalue weighted by molar-refractivity contribution is -0.917. The fourth-order valence-electron chi connectivity index (χ4n) is 1.70. The van der Waals surface area contributed by atoms with Gasteiger partial charge in [-0.05, 0) is 12.8 Å². The summed E-state index contributed by atoms with van der Waals surface area (Å²) >= 11 is 3.57. The topological polar surface area (TPSA) is 0 Å². The Hall–Kier alpha value is 0.440. The van der Waals surface area contributed by atoms with Crippen molar-refractivity contribution in [2.45, 2.75) is 25.3 Å². The highest BCUT2D eigenvalue weighted by molar-refractivity contribution is 9.09. The number of rotatable bonds is 1. The summed E-state index contributed by atoms with van der Waals surface area (Å²) < 4.78 is 1.21. The second-order valence-corrected chi connectivity index (χ2v) is 4.45. The molecule has 0 N–H and O–H groups in total. The van der Waals surface area contributed by atoms with Crippen molar-refractivity contribution >= 4 is 15.9 Å². The Morgan fingerprint density at radius 2 is 2.10 bits per heavy atom. The highest BCUT2D eigenvalue weighted by Crippen LogP contribution is 2.22. The quantitative estimate of drug-likeness (QED) is 0.455. The normalized spacial score (nSPS) is 32.1. The van der Waals surface area contributed by atoms with E-state index < -0.39 is 0 Å². The molecule has 0 aliphatic carbocycles. The summed E-state index contributed by atoms with van der Waals surface area (Å²) in [5.41, 5.74) is 0. The van der Waals surface area contributed by atoms with E-state index >= 15 is 0 Å². The minimum absolute atomic E-state index is 0.855. The summed E-state index contributed by atoms with van der Waals surface area (Å²) in [6.45, 7) is 1.36. The average Bonchev–Trinajstić information content (AvgIpc) is 1.87. The molecule has 0 spiro atoms. The molecule has 0 aromatic carbocycles. The fourth-order valence-corrected chi connectivity index (χ4v) is 2.80. The van der Waals surface area contributed by atoms with Crippen LogP contribution in [0.25, 0.3) is 0 Å². The molecule has 0 aromatic heterocycles. The van der Waals surface area contributed by atoms with Gasteiger partial charge in [0.15, 0.2) is 0 Å². The first-order chi connectivity index (χ1) is 4.67. The molecule has 1 aliphatic rings. The van der Waals surface area contributed by atoms with Gasteiger partial charge in [0, 0.05) is 6.42 Å². The number of alkyl halides is 1. The molecule has 0 amide bonds. The summed E-state index contributed by atoms with van der Waals surface area (Å²) in [6.07, 6.45) is 4.24. The summed E-state index contributed by atoms with van der Waals surface area (Å²) in [4.78, 5) is 0. The molecule has 1 rings (SSSR count). The van der Waals surface area contributed by atoms with E-state index in [0.717, 1.165) is 6.04 Å². The van der Waals surface area contributed by atoms with Crippen LogP contribution in [0.1, 0.15) is 19.3 Å². The van der Waals surface area contributed by atoms with Crippen LogP contribution in [-0.4, -0.2) is 36.5 Å². The third-order valence-corrected chi connectivity index (χ3v) is 3.44. The Bertz CT molecular complexity index is 112. The third-order valence-electron chi connectivity index (χ3n) is 2.69. The number of likely N-dealkylation sites (tertiary alicyclic amines) is 1. The Morgan fingerprint density at radius 3 is 2.50 bits per heavy atom. The van der Waals surface area contributed by atoms with E-state index in [1.54, 1.807) is 0 Å². The number of nitrogens with zero attached hydrogens (tertiary/aromatic N) is 1. The van der Waals surface area contributed by atoms with Crippen molar-refractivity contribution in [2.24, 2.45) is 0 Å². The lowest BCUT2D eigenvalue weighted by Gasteiger charge is -2.40. The van der Waals surface area contributed by atoms with Crippen LogP contribution in [0, 0.1) is 0 Å². The largest absolute Gasteiger partial charge is 0.325 e. The summed E-state index contributed by atoms with van der Waals surface area (Å²) in [5.74, 6) is 0. The van der Waals surface area contributed by atoms with Crippen LogP contribution in [0.5, 0.6) is 0 Å². The van der Waals surface area contributed by atoms with E-state index in [4.69, 9.17) is 0 Å². The first-order valence-corrected chi connectivity index (χ1v) is 5.17. The van der Waals surface area contributed by atoms with Crippen molar-refractivity contribution in [2.75, 3.05) is 26.0 Å². The Balaban J connectivity index is 2.51. The van der Waals surface area contributed by atoms with Crippen LogP contribution in [0.15, 0.2) is 0 Å². The molecule has 10 heavy (non-hydrogen) atoms. The number of hydrogen-bond acceptors (Lipinski definition) is 0. The van der Waals surface area contributed by atoms with Gasteiger partial charge >= 0.3 is 0 Å². The van der Waals surface area contributed by atoms with Gasteiger partial charge in [0.25, 0.3) is 0 Å². The van der Waals surface area contributed by atoms with E-state index in [0.29, 0.717) is 0 Å². The van der Waals surface area contributed by atoms with Crippen LogP contribution >= 0.6 is 15.9 Å². The third kappa shape index (κ3) is 1.73. The van der Waals surface area contributed by atoms with Crippen molar-refractivity contribution in [1.29, 1.82) is 0 Å². The predicted octanol–water partition coefficient (Wildman–Crippen LogP) is 2.01. The molecule has 0 aromatic rings. The van der Waals surface area contributed by atoms with Crippen LogP contribution in [0.3, 0.4) is 0 Å². The van der Waals surface area contributed by atoms with Gasteiger partial charge < -0.3 is 4.48 Å². The van der Waals surface area contributed by atoms with Gasteiger partial charge in [-0.15, -0.1) is 0 Å². The van der Waals surface area contributed by atoms with Gasteiger partial charge in [0.05, 0.1) is 32.0 Å². The molecule has 1 saturated heterocycles. The Labute approximate surface area is 72.1 Å². The molecule has 1 unspecified atom stereocenters. The maximum Gasteiger partial charge on any atom is 0.0984 e. The average molecular weight is 207 g/mol. The lowest BCUT2D eigenvalue weighted by Crippen LogP contribution is -2.52. The highest BCUT2D eigenvalue weighted by Gasteiger charge is 2.29. The van der Waals surface area contributed by atoms with Crippen LogP contribution < -0.4 is 0 Å². The van der Waals surface area contributed by atoms with Crippen molar-refractivity contribution in [3.63, 3.8) is 0 Å². The molecule has 60 valence electrons. The fraction of sp³-hybridized carbons (Fsp3) is 1.00. The zero-order valence-electron chi connectivity index (χ0n) is 6.94. The van der Waals surface area contributed by atoms with Gasteiger partial charge in [-0.2, -0.15) is 0 Å². The van der Waals surface area contributed by atoms with E-state index in [-0.39, 0.29) is 0 Å². The molecular formula is C8H17BrN+. The lowest BCUT2D eigenvalue weighted by atomic mass is 10.0. The second-order valence-electron chi connectivity index (χ2n) is 3.81. The molecule has 1 atom stereocenters. The van der Waals surface area contributed by atoms with E-state index in [1.807, 2.05) is 0 Å². The van der Waals surface area contributed by atoms with Crippen molar-refractivity contribution < 1.29 is 4.48 Å². The van der Waals surface area contributed by atoms with Crippen LogP contribution in [-0.2, 0) is 0 Å². The smallest absolute Gasteiger partial charge is 0.0984 e. The maximum absolute atomic E-state index is 3.57. The highest BCUT2D eigenvalue weighted by atomic mass is 79.9. The number of hydrogen-bond donors (Lipinski definition) is 0. The molecule has 1 aliphatic heterocycles. The molecular weight excluding hydrogens is 190 g/mol. The molecule has 1 heterocycles. The van der Waals surface area contributed by atoms with Crippen molar-refractivity contribution in [3.05, 3.63) is 0 Å². The monoisotopic (exact) mass is 206 g/mol. The Morgan fingerprint density at radius 1 is 1.40 bits per heavy atom. The summed E-state index contributed by atoms with van der Waals surface area (Å²) in [5, 5.41) is 1.17. The SMILES string of the molecule is C[N+]1(C)CCCCC1CBr.